The Morgan fingerprint density at radius 2 is 2.07 bits per heavy atom. The van der Waals surface area contributed by atoms with Gasteiger partial charge in [-0.2, -0.15) is 0 Å². The number of carbonyl (C=O) groups excluding carboxylic acids is 1. The number of aliphatic imine (C=N–C) groups is 1. The van der Waals surface area contributed by atoms with Crippen molar-refractivity contribution >= 4 is 12.2 Å². The van der Waals surface area contributed by atoms with Crippen molar-refractivity contribution in [1.82, 2.24) is 0 Å². The van der Waals surface area contributed by atoms with Gasteiger partial charge in [-0.15, -0.1) is 0 Å². The largest absolute Gasteiger partial charge is 0.463 e. The first-order chi connectivity index (χ1) is 6.41. The van der Waals surface area contributed by atoms with Crippen molar-refractivity contribution in [3.8, 4) is 0 Å². The second kappa shape index (κ2) is 3.71. The second-order valence-corrected chi connectivity index (χ2v) is 4.72. The molecule has 1 aliphatic carbocycles. The first-order valence-corrected chi connectivity index (χ1v) is 5.04. The van der Waals surface area contributed by atoms with Crippen molar-refractivity contribution in [2.24, 2.45) is 22.2 Å². The van der Waals surface area contributed by atoms with Crippen LogP contribution >= 0.6 is 0 Å². The summed E-state index contributed by atoms with van der Waals surface area (Å²) in [6, 6.07) is 0. The molecule has 80 valence electrons. The van der Waals surface area contributed by atoms with Gasteiger partial charge < -0.3 is 9.73 Å². The van der Waals surface area contributed by atoms with Crippen LogP contribution in [0.5, 0.6) is 0 Å². The zero-order valence-corrected chi connectivity index (χ0v) is 9.57. The van der Waals surface area contributed by atoms with Crippen molar-refractivity contribution in [3.63, 3.8) is 0 Å². The molecule has 0 aromatic carbocycles. The molecule has 0 radical (unpaired) electrons. The molecule has 1 saturated carbocycles. The number of hydrogen-bond acceptors (Lipinski definition) is 3. The SMILES string of the molecule is CN=CC1C(C(=O)OC(C)C)C1(C)C. The zero-order valence-electron chi connectivity index (χ0n) is 9.57. The van der Waals surface area contributed by atoms with E-state index in [0.717, 1.165) is 0 Å². The summed E-state index contributed by atoms with van der Waals surface area (Å²) in [5.74, 6) is 0.155. The average Bonchev–Trinajstić information content (AvgIpc) is 2.52. The van der Waals surface area contributed by atoms with Crippen LogP contribution in [0.15, 0.2) is 4.99 Å². The fourth-order valence-corrected chi connectivity index (χ4v) is 1.87. The number of ether oxygens (including phenoxy) is 1. The first-order valence-electron chi connectivity index (χ1n) is 5.04. The molecule has 0 bridgehead atoms. The quantitative estimate of drug-likeness (QED) is 0.512. The molecule has 1 rings (SSSR count). The number of carbonyl (C=O) groups is 1. The molecule has 0 spiro atoms. The molecule has 0 aliphatic heterocycles. The molecule has 3 heteroatoms. The Morgan fingerprint density at radius 3 is 2.50 bits per heavy atom. The highest BCUT2D eigenvalue weighted by Gasteiger charge is 2.61. The summed E-state index contributed by atoms with van der Waals surface area (Å²) >= 11 is 0. The minimum atomic E-state index is -0.0881. The third-order valence-electron chi connectivity index (χ3n) is 2.83. The third kappa shape index (κ3) is 1.97. The molecular formula is C11H19NO2. The molecule has 3 nitrogen and oxygen atoms in total. The van der Waals surface area contributed by atoms with E-state index in [2.05, 4.69) is 18.8 Å². The second-order valence-electron chi connectivity index (χ2n) is 4.72. The lowest BCUT2D eigenvalue weighted by Crippen LogP contribution is -2.15. The fraction of sp³-hybridized carbons (Fsp3) is 0.818. The highest BCUT2D eigenvalue weighted by Crippen LogP contribution is 2.57. The molecule has 2 atom stereocenters. The van der Waals surface area contributed by atoms with Crippen LogP contribution in [0.2, 0.25) is 0 Å². The van der Waals surface area contributed by atoms with Crippen molar-refractivity contribution in [2.45, 2.75) is 33.8 Å². The van der Waals surface area contributed by atoms with Crippen molar-refractivity contribution in [3.05, 3.63) is 0 Å². The lowest BCUT2D eigenvalue weighted by molar-refractivity contribution is -0.149. The van der Waals surface area contributed by atoms with Crippen molar-refractivity contribution in [1.29, 1.82) is 0 Å². The molecule has 2 unspecified atom stereocenters. The van der Waals surface area contributed by atoms with Crippen molar-refractivity contribution < 1.29 is 9.53 Å². The van der Waals surface area contributed by atoms with Crippen LogP contribution in [-0.2, 0) is 9.53 Å². The van der Waals surface area contributed by atoms with E-state index in [4.69, 9.17) is 4.74 Å². The maximum absolute atomic E-state index is 11.6. The molecule has 0 amide bonds. The third-order valence-corrected chi connectivity index (χ3v) is 2.83. The number of rotatable bonds is 3. The Bertz CT molecular complexity index is 256. The van der Waals surface area contributed by atoms with E-state index < -0.39 is 0 Å². The summed E-state index contributed by atoms with van der Waals surface area (Å²) in [6.45, 7) is 7.89. The standard InChI is InChI=1S/C11H19NO2/c1-7(2)14-10(13)9-8(6-12-5)11(9,3)4/h6-9H,1-5H3. The van der Waals surface area contributed by atoms with Gasteiger partial charge in [0, 0.05) is 19.2 Å². The first kappa shape index (κ1) is 11.2. The molecule has 0 aromatic rings. The minimum Gasteiger partial charge on any atom is -0.463 e. The van der Waals surface area contributed by atoms with Gasteiger partial charge in [-0.25, -0.2) is 0 Å². The van der Waals surface area contributed by atoms with Gasteiger partial charge in [0.25, 0.3) is 0 Å². The van der Waals surface area contributed by atoms with Gasteiger partial charge in [0.1, 0.15) is 0 Å². The lowest BCUT2D eigenvalue weighted by atomic mass is 10.1. The van der Waals surface area contributed by atoms with E-state index >= 15 is 0 Å². The number of nitrogens with zero attached hydrogens (tertiary/aromatic N) is 1. The summed E-state index contributed by atoms with van der Waals surface area (Å²) in [4.78, 5) is 15.6. The van der Waals surface area contributed by atoms with E-state index in [9.17, 15) is 4.79 Å². The van der Waals surface area contributed by atoms with Gasteiger partial charge in [-0.05, 0) is 19.3 Å². The molecule has 0 N–H and O–H groups in total. The Kier molecular flexibility index (Phi) is 2.98. The molecule has 0 heterocycles. The van der Waals surface area contributed by atoms with Crippen LogP contribution in [0, 0.1) is 17.3 Å². The Morgan fingerprint density at radius 1 is 1.50 bits per heavy atom. The number of esters is 1. The van der Waals surface area contributed by atoms with Gasteiger partial charge in [0.2, 0.25) is 0 Å². The molecule has 0 saturated heterocycles. The Hall–Kier alpha value is -0.860. The van der Waals surface area contributed by atoms with Gasteiger partial charge in [-0.3, -0.25) is 4.79 Å². The van der Waals surface area contributed by atoms with Gasteiger partial charge in [-0.1, -0.05) is 13.8 Å². The Labute approximate surface area is 85.6 Å². The van der Waals surface area contributed by atoms with E-state index in [1.54, 1.807) is 7.05 Å². The highest BCUT2D eigenvalue weighted by atomic mass is 16.5. The summed E-state index contributed by atoms with van der Waals surface area (Å²) in [6.07, 6.45) is 1.82. The molecule has 14 heavy (non-hydrogen) atoms. The van der Waals surface area contributed by atoms with Crippen molar-refractivity contribution in [2.75, 3.05) is 7.05 Å². The Balaban J connectivity index is 2.59. The smallest absolute Gasteiger partial charge is 0.310 e. The molecule has 0 aromatic heterocycles. The predicted octanol–water partition coefficient (Wildman–Crippen LogP) is 1.91. The molecular weight excluding hydrogens is 178 g/mol. The topological polar surface area (TPSA) is 38.7 Å². The zero-order chi connectivity index (χ0) is 10.9. The number of hydrogen-bond donors (Lipinski definition) is 0. The van der Waals surface area contributed by atoms with Crippen LogP contribution in [0.1, 0.15) is 27.7 Å². The molecule has 1 aliphatic rings. The highest BCUT2D eigenvalue weighted by molar-refractivity contribution is 5.85. The minimum absolute atomic E-state index is 0.00593. The average molecular weight is 197 g/mol. The lowest BCUT2D eigenvalue weighted by Gasteiger charge is -2.08. The van der Waals surface area contributed by atoms with Gasteiger partial charge in [0.15, 0.2) is 0 Å². The van der Waals surface area contributed by atoms with E-state index in [0.29, 0.717) is 0 Å². The van der Waals surface area contributed by atoms with Crippen LogP contribution < -0.4 is 0 Å². The van der Waals surface area contributed by atoms with E-state index in [1.807, 2.05) is 20.1 Å². The maximum Gasteiger partial charge on any atom is 0.310 e. The fourth-order valence-electron chi connectivity index (χ4n) is 1.87. The predicted molar refractivity (Wildman–Crippen MR) is 56.4 cm³/mol. The monoisotopic (exact) mass is 197 g/mol. The van der Waals surface area contributed by atoms with Crippen LogP contribution in [0.4, 0.5) is 0 Å². The van der Waals surface area contributed by atoms with E-state index in [1.165, 1.54) is 0 Å². The van der Waals surface area contributed by atoms with Crippen LogP contribution in [0.3, 0.4) is 0 Å². The maximum atomic E-state index is 11.6. The summed E-state index contributed by atoms with van der Waals surface area (Å²) in [5.41, 5.74) is 0.0193. The van der Waals surface area contributed by atoms with Crippen LogP contribution in [0.25, 0.3) is 0 Å². The van der Waals surface area contributed by atoms with E-state index in [-0.39, 0.29) is 29.3 Å². The summed E-state index contributed by atoms with van der Waals surface area (Å²) in [7, 11) is 1.74. The van der Waals surface area contributed by atoms with Crippen LogP contribution in [-0.4, -0.2) is 25.3 Å². The summed E-state index contributed by atoms with van der Waals surface area (Å²) in [5, 5.41) is 0. The molecule has 1 fully saturated rings. The van der Waals surface area contributed by atoms with Gasteiger partial charge >= 0.3 is 5.97 Å². The van der Waals surface area contributed by atoms with Gasteiger partial charge in [0.05, 0.1) is 12.0 Å². The normalized spacial score (nSPS) is 29.6. The summed E-state index contributed by atoms with van der Waals surface area (Å²) < 4.78 is 5.19.